The lowest BCUT2D eigenvalue weighted by Crippen LogP contribution is -2.56. The molecule has 0 radical (unpaired) electrons. The molecule has 2 amide bonds. The Morgan fingerprint density at radius 1 is 0.607 bits per heavy atom. The highest BCUT2D eigenvalue weighted by molar-refractivity contribution is 6.37. The lowest BCUT2D eigenvalue weighted by Gasteiger charge is -2.40. The van der Waals surface area contributed by atoms with Gasteiger partial charge in [0.05, 0.1) is 56.3 Å². The van der Waals surface area contributed by atoms with Crippen LogP contribution >= 0.6 is 46.4 Å². The number of hydrogen-bond acceptors (Lipinski definition) is 14. The molecule has 4 aliphatic rings. The Morgan fingerprint density at radius 2 is 1.00 bits per heavy atom. The van der Waals surface area contributed by atoms with Crippen LogP contribution in [0.15, 0.2) is 95.8 Å². The number of piperazine rings is 2. The van der Waals surface area contributed by atoms with Gasteiger partial charge in [0.2, 0.25) is 11.8 Å². The molecule has 4 aliphatic heterocycles. The molecule has 84 heavy (non-hydrogen) atoms. The molecule has 6 aromatic heterocycles. The monoisotopic (exact) mass is 1220 g/mol. The molecule has 10 heterocycles. The number of hydrogen-bond donors (Lipinski definition) is 0. The van der Waals surface area contributed by atoms with Crippen molar-refractivity contribution in [3.8, 4) is 45.4 Å². The van der Waals surface area contributed by atoms with Gasteiger partial charge < -0.3 is 29.1 Å². The van der Waals surface area contributed by atoms with Crippen LogP contribution in [0.1, 0.15) is 62.0 Å². The van der Waals surface area contributed by atoms with Crippen LogP contribution < -0.4 is 30.7 Å². The maximum absolute atomic E-state index is 15.4. The normalized spacial score (nSPS) is 16.3. The Labute approximate surface area is 500 Å². The van der Waals surface area contributed by atoms with E-state index in [0.29, 0.717) is 84.4 Å². The Hall–Kier alpha value is -8.04. The van der Waals surface area contributed by atoms with Gasteiger partial charge in [0.15, 0.2) is 34.4 Å². The average molecular weight is 1220 g/mol. The summed E-state index contributed by atoms with van der Waals surface area (Å²) in [5, 5.41) is 0.744. The molecule has 2 atom stereocenters. The fraction of sp³-hybridized carbons (Fsp3) is 0.300. The van der Waals surface area contributed by atoms with E-state index in [2.05, 4.69) is 33.1 Å². The van der Waals surface area contributed by atoms with Crippen molar-refractivity contribution in [2.24, 2.45) is 0 Å². The number of rotatable bonds is 8. The van der Waals surface area contributed by atoms with Crippen LogP contribution in [0.3, 0.4) is 0 Å². The van der Waals surface area contributed by atoms with Crippen LogP contribution in [0.25, 0.3) is 56.0 Å². The minimum atomic E-state index is -0.701. The molecule has 24 heteroatoms. The molecular weight excluding hydrogens is 1160 g/mol. The lowest BCUT2D eigenvalue weighted by atomic mass is 10.0. The van der Waals surface area contributed by atoms with Crippen molar-refractivity contribution in [1.29, 1.82) is 0 Å². The average Bonchev–Trinajstić information content (AvgIpc) is 1.32. The Balaban J connectivity index is 0.000000175. The number of carbonyl (C=O) groups excluding carboxylic acids is 2. The van der Waals surface area contributed by atoms with Gasteiger partial charge >= 0.3 is 11.4 Å². The van der Waals surface area contributed by atoms with Gasteiger partial charge in [0, 0.05) is 62.8 Å². The van der Waals surface area contributed by atoms with Crippen LogP contribution in [0, 0.1) is 25.5 Å². The zero-order valence-corrected chi connectivity index (χ0v) is 49.4. The van der Waals surface area contributed by atoms with E-state index in [1.54, 1.807) is 34.3 Å². The molecule has 12 rings (SSSR count). The molecule has 2 saturated heterocycles. The number of anilines is 2. The second-order valence-corrected chi connectivity index (χ2v) is 22.8. The molecule has 0 N–H and O–H groups in total. The zero-order valence-electron chi connectivity index (χ0n) is 46.4. The van der Waals surface area contributed by atoms with E-state index in [-0.39, 0.29) is 114 Å². The van der Waals surface area contributed by atoms with Gasteiger partial charge in [0.1, 0.15) is 45.7 Å². The van der Waals surface area contributed by atoms with Gasteiger partial charge in [-0.3, -0.25) is 19.6 Å². The van der Waals surface area contributed by atoms with Crippen molar-refractivity contribution in [2.45, 2.75) is 65.5 Å². The quantitative estimate of drug-likeness (QED) is 0.131. The molecule has 0 unspecified atom stereocenters. The summed E-state index contributed by atoms with van der Waals surface area (Å²) in [6.45, 7) is 21.4. The third-order valence-electron chi connectivity index (χ3n) is 15.4. The smallest absolute Gasteiger partial charge is 0.355 e. The highest BCUT2D eigenvalue weighted by Crippen LogP contribution is 2.48. The third-order valence-corrected chi connectivity index (χ3v) is 16.7. The SMILES string of the molecule is C=CC(=O)N1CCN2c3nc(=O)n(-c4c(C)ccnc4C(C)C)c4nc(-c5cccc(Cl)c5F)c(Cl)c(c34)OC[C@H]2C1.C=CC(=O)N1CCN2c3nc(=O)n(-c4c(C)ccnc4C(C)C)c4nc(-c5cccc(Cl)c5F)c(Cl)c(c34)OC[C@H]2C1. The van der Waals surface area contributed by atoms with Crippen molar-refractivity contribution < 1.29 is 27.8 Å². The first-order valence-electron chi connectivity index (χ1n) is 27.0. The molecule has 0 bridgehead atoms. The van der Waals surface area contributed by atoms with Crippen molar-refractivity contribution in [3.05, 3.63) is 161 Å². The predicted octanol–water partition coefficient (Wildman–Crippen LogP) is 10.6. The Morgan fingerprint density at radius 3 is 1.37 bits per heavy atom. The number of aryl methyl sites for hydroxylation is 2. The minimum Gasteiger partial charge on any atom is -0.489 e. The first kappa shape index (κ1) is 57.8. The van der Waals surface area contributed by atoms with Gasteiger partial charge in [-0.25, -0.2) is 37.5 Å². The van der Waals surface area contributed by atoms with E-state index in [9.17, 15) is 19.2 Å². The summed E-state index contributed by atoms with van der Waals surface area (Å²) in [5.74, 6) is -0.749. The van der Waals surface area contributed by atoms with Crippen LogP contribution in [-0.2, 0) is 9.59 Å². The van der Waals surface area contributed by atoms with Crippen LogP contribution in [0.4, 0.5) is 20.4 Å². The molecular formula is C60H54Cl4F2N12O6. The van der Waals surface area contributed by atoms with E-state index < -0.39 is 23.0 Å². The molecule has 0 saturated carbocycles. The predicted molar refractivity (Wildman–Crippen MR) is 321 cm³/mol. The second kappa shape index (κ2) is 22.8. The molecule has 8 aromatic rings. The molecule has 18 nitrogen and oxygen atoms in total. The number of ether oxygens (including phenoxy) is 2. The van der Waals surface area contributed by atoms with Crippen LogP contribution in [0.2, 0.25) is 20.1 Å². The molecule has 432 valence electrons. The van der Waals surface area contributed by atoms with Gasteiger partial charge in [-0.2, -0.15) is 9.97 Å². The summed E-state index contributed by atoms with van der Waals surface area (Å²) in [6, 6.07) is 12.0. The Kier molecular flexibility index (Phi) is 15.7. The number of aromatic nitrogens is 8. The second-order valence-electron chi connectivity index (χ2n) is 21.2. The van der Waals surface area contributed by atoms with Gasteiger partial charge in [-0.15, -0.1) is 0 Å². The van der Waals surface area contributed by atoms with E-state index in [0.717, 1.165) is 11.1 Å². The summed E-state index contributed by atoms with van der Waals surface area (Å²) in [5.41, 5.74) is 3.47. The van der Waals surface area contributed by atoms with E-state index >= 15 is 8.78 Å². The highest BCUT2D eigenvalue weighted by atomic mass is 35.5. The molecule has 2 fully saturated rings. The molecule has 2 aromatic carbocycles. The number of pyridine rings is 4. The summed E-state index contributed by atoms with van der Waals surface area (Å²) >= 11 is 26.2. The first-order chi connectivity index (χ1) is 40.2. The minimum absolute atomic E-state index is 0.0371. The number of halogens is 6. The number of amides is 2. The molecule has 0 aliphatic carbocycles. The summed E-state index contributed by atoms with van der Waals surface area (Å²) < 4.78 is 46.3. The number of benzene rings is 2. The van der Waals surface area contributed by atoms with Crippen molar-refractivity contribution in [3.63, 3.8) is 0 Å². The van der Waals surface area contributed by atoms with E-state index in [1.165, 1.54) is 45.6 Å². The summed E-state index contributed by atoms with van der Waals surface area (Å²) in [4.78, 5) is 88.2. The van der Waals surface area contributed by atoms with E-state index in [1.807, 2.05) is 63.5 Å². The molecule has 0 spiro atoms. The van der Waals surface area contributed by atoms with Crippen molar-refractivity contribution in [2.75, 3.05) is 62.3 Å². The summed E-state index contributed by atoms with van der Waals surface area (Å²) in [7, 11) is 0. The highest BCUT2D eigenvalue weighted by Gasteiger charge is 2.40. The fourth-order valence-electron chi connectivity index (χ4n) is 11.3. The first-order valence-corrected chi connectivity index (χ1v) is 28.5. The third kappa shape index (κ3) is 9.85. The number of nitrogens with zero attached hydrogens (tertiary/aromatic N) is 12. The summed E-state index contributed by atoms with van der Waals surface area (Å²) in [6.07, 6.45) is 5.93. The number of carbonyl (C=O) groups is 2. The van der Waals surface area contributed by atoms with Crippen molar-refractivity contribution in [1.82, 2.24) is 48.8 Å². The maximum atomic E-state index is 15.4. The topological polar surface area (TPSA) is 187 Å². The Bertz CT molecular complexity index is 3950. The van der Waals surface area contributed by atoms with Gasteiger partial charge in [-0.05, 0) is 85.4 Å². The standard InChI is InChI=1S/2C30H27Cl2FN6O3/c2*1-5-20(40)37-11-12-38-17(13-37)14-42-27-21-28(38)36-30(41)39(26-16(4)9-10-34-24(26)15(2)3)29(21)35-25(22(27)32)18-7-6-8-19(31)23(18)33/h2*5-10,15,17H,1,11-14H2,2-4H3/t2*17-/m11/s1. The van der Waals surface area contributed by atoms with Gasteiger partial charge in [-0.1, -0.05) is 99.4 Å². The zero-order chi connectivity index (χ0) is 59.7. The maximum Gasteiger partial charge on any atom is 0.355 e. The van der Waals surface area contributed by atoms with Crippen LogP contribution in [-0.4, -0.2) is 125 Å². The largest absolute Gasteiger partial charge is 0.489 e. The van der Waals surface area contributed by atoms with Gasteiger partial charge in [0.25, 0.3) is 0 Å². The van der Waals surface area contributed by atoms with E-state index in [4.69, 9.17) is 65.8 Å². The lowest BCUT2D eigenvalue weighted by molar-refractivity contribution is -0.127. The fourth-order valence-corrected chi connectivity index (χ4v) is 12.3. The van der Waals surface area contributed by atoms with Crippen molar-refractivity contribution >= 4 is 91.9 Å². The number of fused-ring (bicyclic) bond motifs is 4. The van der Waals surface area contributed by atoms with Crippen LogP contribution in [0.5, 0.6) is 11.5 Å².